The fraction of sp³-hybridized carbons (Fsp3) is 0.0833. The number of para-hydroxylation sites is 1. The van der Waals surface area contributed by atoms with Crippen LogP contribution in [0.5, 0.6) is 0 Å². The van der Waals surface area contributed by atoms with E-state index in [-0.39, 0.29) is 5.91 Å². The zero-order chi connectivity index (χ0) is 19.3. The van der Waals surface area contributed by atoms with Crippen LogP contribution in [0.15, 0.2) is 91.3 Å². The second-order valence-corrected chi connectivity index (χ2v) is 6.72. The number of hydrogen-bond donors (Lipinski definition) is 0. The van der Waals surface area contributed by atoms with Crippen molar-refractivity contribution in [2.24, 2.45) is 0 Å². The Labute approximate surface area is 164 Å². The number of likely N-dealkylation sites (N-methyl/N-ethyl adjacent to an activating group) is 1. The normalized spacial score (nSPS) is 11.2. The highest BCUT2D eigenvalue weighted by Gasteiger charge is 2.08. The molecule has 0 aliphatic carbocycles. The molecule has 4 aromatic rings. The summed E-state index contributed by atoms with van der Waals surface area (Å²) in [5.74, 6) is -0.0413. The number of carbonyl (C=O) groups is 1. The predicted octanol–water partition coefficient (Wildman–Crippen LogP) is 4.70. The number of benzene rings is 3. The van der Waals surface area contributed by atoms with Crippen LogP contribution >= 0.6 is 0 Å². The standard InChI is InChI=1S/C24H21N3O/c1-26(17-19-16-25-27(18-19)22-11-3-2-4-12-22)24(28)15-14-21-10-7-9-20-8-5-6-13-23(20)21/h2-16,18H,17H2,1H3/b15-14+. The van der Waals surface area contributed by atoms with E-state index in [2.05, 4.69) is 23.3 Å². The summed E-state index contributed by atoms with van der Waals surface area (Å²) in [6, 6.07) is 24.2. The van der Waals surface area contributed by atoms with Crippen LogP contribution < -0.4 is 0 Å². The van der Waals surface area contributed by atoms with Crippen molar-refractivity contribution in [1.82, 2.24) is 14.7 Å². The van der Waals surface area contributed by atoms with E-state index in [1.54, 1.807) is 24.2 Å². The Morgan fingerprint density at radius 3 is 2.61 bits per heavy atom. The van der Waals surface area contributed by atoms with Crippen LogP contribution in [0.3, 0.4) is 0 Å². The highest BCUT2D eigenvalue weighted by atomic mass is 16.2. The van der Waals surface area contributed by atoms with Crippen molar-refractivity contribution in [2.75, 3.05) is 7.05 Å². The molecule has 0 saturated heterocycles. The molecule has 0 radical (unpaired) electrons. The summed E-state index contributed by atoms with van der Waals surface area (Å²) in [7, 11) is 1.80. The molecule has 0 fully saturated rings. The first-order valence-corrected chi connectivity index (χ1v) is 9.20. The topological polar surface area (TPSA) is 38.1 Å². The molecule has 0 N–H and O–H groups in total. The van der Waals surface area contributed by atoms with Crippen LogP contribution in [0.25, 0.3) is 22.5 Å². The van der Waals surface area contributed by atoms with Gasteiger partial charge in [-0.1, -0.05) is 60.7 Å². The van der Waals surface area contributed by atoms with Crippen molar-refractivity contribution in [3.63, 3.8) is 0 Å². The third-order valence-corrected chi connectivity index (χ3v) is 4.68. The second kappa shape index (κ2) is 7.92. The highest BCUT2D eigenvalue weighted by molar-refractivity contribution is 5.96. The van der Waals surface area contributed by atoms with Crippen LogP contribution in [0, 0.1) is 0 Å². The lowest BCUT2D eigenvalue weighted by Gasteiger charge is -2.13. The molecule has 0 saturated carbocycles. The molecule has 28 heavy (non-hydrogen) atoms. The monoisotopic (exact) mass is 367 g/mol. The number of carbonyl (C=O) groups excluding carboxylic acids is 1. The molecular formula is C24H21N3O. The maximum Gasteiger partial charge on any atom is 0.246 e. The Hall–Kier alpha value is -3.66. The van der Waals surface area contributed by atoms with E-state index in [9.17, 15) is 4.79 Å². The molecule has 0 atom stereocenters. The first-order valence-electron chi connectivity index (χ1n) is 9.20. The van der Waals surface area contributed by atoms with Gasteiger partial charge in [-0.25, -0.2) is 4.68 Å². The molecule has 4 nitrogen and oxygen atoms in total. The van der Waals surface area contributed by atoms with Crippen molar-refractivity contribution >= 4 is 22.8 Å². The van der Waals surface area contributed by atoms with E-state index in [1.807, 2.05) is 71.6 Å². The summed E-state index contributed by atoms with van der Waals surface area (Å²) < 4.78 is 1.82. The zero-order valence-electron chi connectivity index (χ0n) is 15.7. The summed E-state index contributed by atoms with van der Waals surface area (Å²) in [6.07, 6.45) is 7.26. The molecule has 3 aromatic carbocycles. The Kier molecular flexibility index (Phi) is 5.02. The van der Waals surface area contributed by atoms with Crippen LogP contribution in [-0.2, 0) is 11.3 Å². The number of nitrogens with zero attached hydrogens (tertiary/aromatic N) is 3. The highest BCUT2D eigenvalue weighted by Crippen LogP contribution is 2.19. The third kappa shape index (κ3) is 3.86. The van der Waals surface area contributed by atoms with E-state index in [1.165, 1.54) is 5.39 Å². The SMILES string of the molecule is CN(Cc1cnn(-c2ccccc2)c1)C(=O)/C=C/c1cccc2ccccc12. The number of amides is 1. The van der Waals surface area contributed by atoms with E-state index in [0.717, 1.165) is 22.2 Å². The average Bonchev–Trinajstić information content (AvgIpc) is 3.21. The van der Waals surface area contributed by atoms with Gasteiger partial charge in [-0.3, -0.25) is 4.79 Å². The molecule has 138 valence electrons. The molecule has 4 heteroatoms. The van der Waals surface area contributed by atoms with Crippen molar-refractivity contribution in [3.8, 4) is 5.69 Å². The Balaban J connectivity index is 1.45. The summed E-state index contributed by atoms with van der Waals surface area (Å²) in [6.45, 7) is 0.506. The summed E-state index contributed by atoms with van der Waals surface area (Å²) in [5.41, 5.74) is 3.02. The average molecular weight is 367 g/mol. The van der Waals surface area contributed by atoms with E-state index >= 15 is 0 Å². The smallest absolute Gasteiger partial charge is 0.246 e. The Bertz CT molecular complexity index is 1120. The Morgan fingerprint density at radius 2 is 1.75 bits per heavy atom. The number of hydrogen-bond acceptors (Lipinski definition) is 2. The van der Waals surface area contributed by atoms with Gasteiger partial charge in [-0.15, -0.1) is 0 Å². The minimum atomic E-state index is -0.0413. The van der Waals surface area contributed by atoms with Gasteiger partial charge in [0.2, 0.25) is 5.91 Å². The van der Waals surface area contributed by atoms with Crippen LogP contribution in [0.1, 0.15) is 11.1 Å². The molecule has 0 spiro atoms. The van der Waals surface area contributed by atoms with E-state index < -0.39 is 0 Å². The molecule has 0 aliphatic heterocycles. The van der Waals surface area contributed by atoms with Gasteiger partial charge in [0.25, 0.3) is 0 Å². The van der Waals surface area contributed by atoms with Gasteiger partial charge in [-0.05, 0) is 34.5 Å². The van der Waals surface area contributed by atoms with Gasteiger partial charge in [0.15, 0.2) is 0 Å². The van der Waals surface area contributed by atoms with Gasteiger partial charge in [-0.2, -0.15) is 5.10 Å². The van der Waals surface area contributed by atoms with Crippen molar-refractivity contribution < 1.29 is 4.79 Å². The van der Waals surface area contributed by atoms with Crippen molar-refractivity contribution in [2.45, 2.75) is 6.54 Å². The summed E-state index contributed by atoms with van der Waals surface area (Å²) in [5, 5.41) is 6.69. The van der Waals surface area contributed by atoms with Crippen LogP contribution in [0.4, 0.5) is 0 Å². The first-order chi connectivity index (χ1) is 13.7. The van der Waals surface area contributed by atoms with Gasteiger partial charge in [0.05, 0.1) is 11.9 Å². The number of fused-ring (bicyclic) bond motifs is 1. The molecule has 1 aromatic heterocycles. The molecule has 1 heterocycles. The molecule has 1 amide bonds. The van der Waals surface area contributed by atoms with Crippen molar-refractivity contribution in [3.05, 3.63) is 102 Å². The lowest BCUT2D eigenvalue weighted by molar-refractivity contribution is -0.125. The molecule has 0 unspecified atom stereocenters. The summed E-state index contributed by atoms with van der Waals surface area (Å²) in [4.78, 5) is 14.2. The largest absolute Gasteiger partial charge is 0.338 e. The molecule has 0 aliphatic rings. The molecule has 4 rings (SSSR count). The van der Waals surface area contributed by atoms with Crippen molar-refractivity contribution in [1.29, 1.82) is 0 Å². The maximum atomic E-state index is 12.5. The fourth-order valence-electron chi connectivity index (χ4n) is 3.20. The van der Waals surface area contributed by atoms with Gasteiger partial charge in [0.1, 0.15) is 0 Å². The minimum Gasteiger partial charge on any atom is -0.338 e. The van der Waals surface area contributed by atoms with Crippen LogP contribution in [0.2, 0.25) is 0 Å². The summed E-state index contributed by atoms with van der Waals surface area (Å²) >= 11 is 0. The predicted molar refractivity (Wildman–Crippen MR) is 113 cm³/mol. The molecule has 0 bridgehead atoms. The van der Waals surface area contributed by atoms with Gasteiger partial charge < -0.3 is 4.90 Å². The maximum absolute atomic E-state index is 12.5. The van der Waals surface area contributed by atoms with E-state index in [0.29, 0.717) is 6.54 Å². The zero-order valence-corrected chi connectivity index (χ0v) is 15.7. The third-order valence-electron chi connectivity index (χ3n) is 4.68. The van der Waals surface area contributed by atoms with E-state index in [4.69, 9.17) is 0 Å². The number of aromatic nitrogens is 2. The fourth-order valence-corrected chi connectivity index (χ4v) is 3.20. The minimum absolute atomic E-state index is 0.0413. The quantitative estimate of drug-likeness (QED) is 0.480. The first kappa shape index (κ1) is 17.7. The molecular weight excluding hydrogens is 346 g/mol. The number of rotatable bonds is 5. The second-order valence-electron chi connectivity index (χ2n) is 6.72. The lowest BCUT2D eigenvalue weighted by atomic mass is 10.0. The lowest BCUT2D eigenvalue weighted by Crippen LogP contribution is -2.23. The van der Waals surface area contributed by atoms with Gasteiger partial charge in [0, 0.05) is 31.4 Å². The Morgan fingerprint density at radius 1 is 1.00 bits per heavy atom. The van der Waals surface area contributed by atoms with Gasteiger partial charge >= 0.3 is 0 Å². The van der Waals surface area contributed by atoms with Crippen LogP contribution in [-0.4, -0.2) is 27.6 Å².